The highest BCUT2D eigenvalue weighted by Gasteiger charge is 2.32. The van der Waals surface area contributed by atoms with Crippen molar-refractivity contribution in [3.05, 3.63) is 135 Å². The van der Waals surface area contributed by atoms with Crippen LogP contribution in [0.15, 0.2) is 78.9 Å². The van der Waals surface area contributed by atoms with E-state index in [9.17, 15) is 28.8 Å². The number of benzene rings is 4. The first-order valence-electron chi connectivity index (χ1n) is 15.2. The average molecular weight is 643 g/mol. The second kappa shape index (κ2) is 11.9. The average Bonchev–Trinajstić information content (AvgIpc) is 3.54. The van der Waals surface area contributed by atoms with Gasteiger partial charge in [-0.25, -0.2) is 28.8 Å². The summed E-state index contributed by atoms with van der Waals surface area (Å²) in [4.78, 5) is 72.7. The number of carbonyl (C=O) groups excluding carboxylic acids is 6. The molecule has 0 N–H and O–H groups in total. The summed E-state index contributed by atoms with van der Waals surface area (Å²) in [5.74, 6) is -3.26. The number of hydrogen-bond donors (Lipinski definition) is 0. The SMILES string of the molecule is Cc1cc(C2=CCC(c3ccc(OC(=O)c4ccc5c(c4)C(=O)OC5=O)cc3)CC2)cc(C)c1OC(=O)c1ccc2c(c1)C(=O)OC2=O. The van der Waals surface area contributed by atoms with Crippen LogP contribution < -0.4 is 9.47 Å². The van der Waals surface area contributed by atoms with Crippen molar-refractivity contribution < 1.29 is 47.7 Å². The Balaban J connectivity index is 0.986. The number of allylic oxidation sites excluding steroid dienone is 2. The minimum absolute atomic E-state index is 0.0426. The molecule has 2 aliphatic heterocycles. The second-order valence-electron chi connectivity index (χ2n) is 11.9. The number of carbonyl (C=O) groups is 6. The van der Waals surface area contributed by atoms with Crippen molar-refractivity contribution >= 4 is 41.4 Å². The number of cyclic esters (lactones) is 4. The van der Waals surface area contributed by atoms with Crippen LogP contribution in [-0.4, -0.2) is 35.8 Å². The summed E-state index contributed by atoms with van der Waals surface area (Å²) in [6.45, 7) is 3.75. The van der Waals surface area contributed by atoms with Crippen molar-refractivity contribution in [1.29, 1.82) is 0 Å². The zero-order valence-electron chi connectivity index (χ0n) is 25.8. The van der Waals surface area contributed by atoms with E-state index in [1.54, 1.807) is 12.1 Å². The highest BCUT2D eigenvalue weighted by atomic mass is 16.6. The van der Waals surface area contributed by atoms with E-state index < -0.39 is 35.8 Å². The van der Waals surface area contributed by atoms with Gasteiger partial charge in [-0.05, 0) is 128 Å². The molecular formula is C38H26O10. The van der Waals surface area contributed by atoms with Crippen LogP contribution in [0.4, 0.5) is 0 Å². The molecule has 2 heterocycles. The van der Waals surface area contributed by atoms with Crippen LogP contribution in [0.3, 0.4) is 0 Å². The summed E-state index contributed by atoms with van der Waals surface area (Å²) >= 11 is 0. The van der Waals surface area contributed by atoms with Gasteiger partial charge >= 0.3 is 35.8 Å². The quantitative estimate of drug-likeness (QED) is 0.127. The molecule has 48 heavy (non-hydrogen) atoms. The first-order valence-corrected chi connectivity index (χ1v) is 15.2. The fourth-order valence-corrected chi connectivity index (χ4v) is 6.25. The molecule has 0 radical (unpaired) electrons. The number of hydrogen-bond acceptors (Lipinski definition) is 10. The van der Waals surface area contributed by atoms with Crippen molar-refractivity contribution in [2.24, 2.45) is 0 Å². The lowest BCUT2D eigenvalue weighted by atomic mass is 9.82. The maximum Gasteiger partial charge on any atom is 0.346 e. The van der Waals surface area contributed by atoms with Crippen molar-refractivity contribution in [3.63, 3.8) is 0 Å². The number of aryl methyl sites for hydroxylation is 2. The standard InChI is InChI=1S/C38H26O10/c1-19-15-26(16-20(2)32(19)46-34(40)25-10-14-29-31(18-25)38(44)48-36(29)42)23-5-3-21(4-6-23)22-7-11-27(12-8-22)45-33(39)24-9-13-28-30(17-24)37(43)47-35(28)41/h5,7-18,21H,3-4,6H2,1-2H3. The van der Waals surface area contributed by atoms with Gasteiger partial charge in [-0.1, -0.05) is 18.2 Å². The number of fused-ring (bicyclic) bond motifs is 2. The largest absolute Gasteiger partial charge is 0.423 e. The molecule has 4 aromatic carbocycles. The topological polar surface area (TPSA) is 139 Å². The zero-order valence-corrected chi connectivity index (χ0v) is 25.8. The molecule has 1 aliphatic carbocycles. The molecule has 0 saturated heterocycles. The number of rotatable bonds is 6. The number of esters is 6. The highest BCUT2D eigenvalue weighted by molar-refractivity contribution is 6.16. The van der Waals surface area contributed by atoms with Crippen molar-refractivity contribution in [2.45, 2.75) is 39.0 Å². The molecule has 0 saturated carbocycles. The fraction of sp³-hybridized carbons (Fsp3) is 0.158. The van der Waals surface area contributed by atoms with Gasteiger partial charge in [-0.2, -0.15) is 0 Å². The molecule has 0 spiro atoms. The van der Waals surface area contributed by atoms with Crippen molar-refractivity contribution in [1.82, 2.24) is 0 Å². The molecular weight excluding hydrogens is 616 g/mol. The predicted octanol–water partition coefficient (Wildman–Crippen LogP) is 6.71. The molecule has 0 amide bonds. The van der Waals surface area contributed by atoms with Gasteiger partial charge in [0.2, 0.25) is 0 Å². The Hall–Kier alpha value is -6.16. The Morgan fingerprint density at radius 3 is 1.69 bits per heavy atom. The van der Waals surface area contributed by atoms with Gasteiger partial charge in [0.25, 0.3) is 0 Å². The predicted molar refractivity (Wildman–Crippen MR) is 169 cm³/mol. The van der Waals surface area contributed by atoms with E-state index in [0.29, 0.717) is 11.5 Å². The highest BCUT2D eigenvalue weighted by Crippen LogP contribution is 2.38. The van der Waals surface area contributed by atoms with Crippen LogP contribution in [0, 0.1) is 13.8 Å². The van der Waals surface area contributed by atoms with Crippen LogP contribution in [-0.2, 0) is 9.47 Å². The molecule has 0 bridgehead atoms. The van der Waals surface area contributed by atoms with E-state index in [4.69, 9.17) is 9.47 Å². The maximum absolute atomic E-state index is 12.9. The smallest absolute Gasteiger partial charge is 0.346 e. The lowest BCUT2D eigenvalue weighted by molar-refractivity contribution is 0.0425. The fourth-order valence-electron chi connectivity index (χ4n) is 6.25. The van der Waals surface area contributed by atoms with E-state index in [2.05, 4.69) is 15.5 Å². The third-order valence-electron chi connectivity index (χ3n) is 8.76. The van der Waals surface area contributed by atoms with E-state index in [0.717, 1.165) is 41.5 Å². The third kappa shape index (κ3) is 5.57. The molecule has 1 unspecified atom stereocenters. The molecule has 4 aromatic rings. The van der Waals surface area contributed by atoms with E-state index in [-0.39, 0.29) is 39.3 Å². The zero-order chi connectivity index (χ0) is 33.7. The Bertz CT molecular complexity index is 2110. The second-order valence-corrected chi connectivity index (χ2v) is 11.9. The van der Waals surface area contributed by atoms with Crippen LogP contribution in [0.25, 0.3) is 5.57 Å². The summed E-state index contributed by atoms with van der Waals surface area (Å²) < 4.78 is 20.4. The van der Waals surface area contributed by atoms with Gasteiger partial charge in [-0.15, -0.1) is 0 Å². The summed E-state index contributed by atoms with van der Waals surface area (Å²) in [6.07, 6.45) is 4.78. The summed E-state index contributed by atoms with van der Waals surface area (Å²) in [5.41, 5.74) is 5.54. The van der Waals surface area contributed by atoms with Gasteiger partial charge in [0, 0.05) is 0 Å². The van der Waals surface area contributed by atoms with Gasteiger partial charge in [0.05, 0.1) is 33.4 Å². The molecule has 1 atom stereocenters. The molecule has 10 nitrogen and oxygen atoms in total. The minimum atomic E-state index is -0.786. The molecule has 10 heteroatoms. The van der Waals surface area contributed by atoms with Gasteiger partial charge in [0.1, 0.15) is 11.5 Å². The molecule has 0 aromatic heterocycles. The number of ether oxygens (including phenoxy) is 4. The van der Waals surface area contributed by atoms with Crippen LogP contribution >= 0.6 is 0 Å². The first kappa shape index (κ1) is 30.5. The van der Waals surface area contributed by atoms with Crippen LogP contribution in [0.5, 0.6) is 11.5 Å². The Labute approximate surface area is 273 Å². The monoisotopic (exact) mass is 642 g/mol. The van der Waals surface area contributed by atoms with Gasteiger partial charge < -0.3 is 18.9 Å². The maximum atomic E-state index is 12.9. The van der Waals surface area contributed by atoms with E-state index >= 15 is 0 Å². The van der Waals surface area contributed by atoms with E-state index in [1.807, 2.05) is 38.1 Å². The molecule has 7 rings (SSSR count). The summed E-state index contributed by atoms with van der Waals surface area (Å²) in [7, 11) is 0. The van der Waals surface area contributed by atoms with Crippen molar-refractivity contribution in [3.8, 4) is 11.5 Å². The summed E-state index contributed by atoms with van der Waals surface area (Å²) in [5, 5.41) is 0. The first-order chi connectivity index (χ1) is 23.0. The molecule has 0 fully saturated rings. The van der Waals surface area contributed by atoms with Crippen molar-refractivity contribution in [2.75, 3.05) is 0 Å². The third-order valence-corrected chi connectivity index (χ3v) is 8.76. The lowest BCUT2D eigenvalue weighted by Gasteiger charge is -2.23. The van der Waals surface area contributed by atoms with Crippen LogP contribution in [0.1, 0.15) is 110 Å². The minimum Gasteiger partial charge on any atom is -0.423 e. The molecule has 238 valence electrons. The van der Waals surface area contributed by atoms with Gasteiger partial charge in [-0.3, -0.25) is 0 Å². The Kier molecular flexibility index (Phi) is 7.55. The lowest BCUT2D eigenvalue weighted by Crippen LogP contribution is -2.12. The van der Waals surface area contributed by atoms with Gasteiger partial charge in [0.15, 0.2) is 0 Å². The Morgan fingerprint density at radius 1 is 0.646 bits per heavy atom. The molecule has 3 aliphatic rings. The summed E-state index contributed by atoms with van der Waals surface area (Å²) in [6, 6.07) is 19.6. The van der Waals surface area contributed by atoms with Crippen LogP contribution in [0.2, 0.25) is 0 Å². The normalized spacial score (nSPS) is 16.5. The van der Waals surface area contributed by atoms with E-state index in [1.165, 1.54) is 42.0 Å². The Morgan fingerprint density at radius 2 is 1.17 bits per heavy atom.